The van der Waals surface area contributed by atoms with Crippen LogP contribution in [0.1, 0.15) is 46.9 Å². The Bertz CT molecular complexity index is 596. The van der Waals surface area contributed by atoms with Crippen molar-refractivity contribution in [3.8, 4) is 0 Å². The van der Waals surface area contributed by atoms with Gasteiger partial charge in [0.05, 0.1) is 11.1 Å². The number of benzene rings is 1. The van der Waals surface area contributed by atoms with Gasteiger partial charge in [-0.2, -0.15) is 0 Å². The van der Waals surface area contributed by atoms with Crippen molar-refractivity contribution in [1.29, 1.82) is 0 Å². The van der Waals surface area contributed by atoms with Crippen molar-refractivity contribution in [2.45, 2.75) is 32.2 Å². The maximum Gasteiger partial charge on any atom is 0.261 e. The van der Waals surface area contributed by atoms with Gasteiger partial charge >= 0.3 is 0 Å². The molecule has 0 aliphatic carbocycles. The molecule has 1 aromatic rings. The minimum absolute atomic E-state index is 0.0805. The summed E-state index contributed by atoms with van der Waals surface area (Å²) in [4.78, 5) is 36.5. The first kappa shape index (κ1) is 15.2. The fourth-order valence-corrected chi connectivity index (χ4v) is 2.25. The largest absolute Gasteiger partial charge is 0.328 e. The summed E-state index contributed by atoms with van der Waals surface area (Å²) in [6.07, 6.45) is 1.88. The topological polar surface area (TPSA) is 92.5 Å². The van der Waals surface area contributed by atoms with Crippen molar-refractivity contribution in [2.24, 2.45) is 5.73 Å². The van der Waals surface area contributed by atoms with E-state index in [1.165, 1.54) is 7.05 Å². The van der Waals surface area contributed by atoms with E-state index in [9.17, 15) is 14.4 Å². The van der Waals surface area contributed by atoms with Gasteiger partial charge in [-0.3, -0.25) is 19.3 Å². The Labute approximate surface area is 123 Å². The molecule has 0 aromatic heterocycles. The van der Waals surface area contributed by atoms with Crippen molar-refractivity contribution >= 4 is 23.4 Å². The highest BCUT2D eigenvalue weighted by molar-refractivity contribution is 6.21. The number of hydrogen-bond donors (Lipinski definition) is 2. The van der Waals surface area contributed by atoms with E-state index in [1.54, 1.807) is 18.2 Å². The number of nitrogens with one attached hydrogen (secondary N) is 1. The quantitative estimate of drug-likeness (QED) is 0.801. The van der Waals surface area contributed by atoms with Gasteiger partial charge in [0, 0.05) is 25.2 Å². The molecule has 1 aliphatic rings. The average molecular weight is 289 g/mol. The number of carbonyl (C=O) groups is 3. The molecule has 1 aromatic carbocycles. The predicted octanol–water partition coefficient (Wildman–Crippen LogP) is 1.37. The molecule has 0 bridgehead atoms. The van der Waals surface area contributed by atoms with Gasteiger partial charge in [-0.25, -0.2) is 0 Å². The zero-order valence-electron chi connectivity index (χ0n) is 12.2. The molecular formula is C15H19N3O3. The Balaban J connectivity index is 2.02. The van der Waals surface area contributed by atoms with E-state index in [0.717, 1.165) is 11.3 Å². The molecule has 0 saturated carbocycles. The average Bonchev–Trinajstić information content (AvgIpc) is 2.63. The molecular weight excluding hydrogens is 270 g/mol. The van der Waals surface area contributed by atoms with Crippen LogP contribution in [0, 0.1) is 0 Å². The van der Waals surface area contributed by atoms with E-state index in [4.69, 9.17) is 5.73 Å². The third kappa shape index (κ3) is 3.28. The molecule has 0 spiro atoms. The van der Waals surface area contributed by atoms with Gasteiger partial charge < -0.3 is 11.1 Å². The van der Waals surface area contributed by atoms with Gasteiger partial charge in [-0.05, 0) is 38.0 Å². The Morgan fingerprint density at radius 2 is 1.95 bits per heavy atom. The number of hydrogen-bond acceptors (Lipinski definition) is 4. The molecule has 2 rings (SSSR count). The number of carbonyl (C=O) groups excluding carboxylic acids is 3. The summed E-state index contributed by atoms with van der Waals surface area (Å²) in [6.45, 7) is 1.90. The molecule has 1 aliphatic heterocycles. The Hall–Kier alpha value is -2.21. The first-order valence-corrected chi connectivity index (χ1v) is 6.92. The summed E-state index contributed by atoms with van der Waals surface area (Å²) in [5.41, 5.74) is 6.85. The van der Waals surface area contributed by atoms with Crippen molar-refractivity contribution in [3.63, 3.8) is 0 Å². The van der Waals surface area contributed by atoms with E-state index < -0.39 is 0 Å². The lowest BCUT2D eigenvalue weighted by Crippen LogP contribution is -2.24. The zero-order valence-corrected chi connectivity index (χ0v) is 12.2. The molecule has 3 N–H and O–H groups in total. The number of fused-ring (bicyclic) bond motifs is 1. The Morgan fingerprint density at radius 1 is 1.29 bits per heavy atom. The summed E-state index contributed by atoms with van der Waals surface area (Å²) >= 11 is 0. The lowest BCUT2D eigenvalue weighted by molar-refractivity contribution is -0.116. The fraction of sp³-hybridized carbons (Fsp3) is 0.400. The third-order valence-electron chi connectivity index (χ3n) is 3.44. The molecule has 21 heavy (non-hydrogen) atoms. The van der Waals surface area contributed by atoms with Crippen molar-refractivity contribution in [3.05, 3.63) is 29.3 Å². The lowest BCUT2D eigenvalue weighted by atomic mass is 10.1. The van der Waals surface area contributed by atoms with Gasteiger partial charge in [0.1, 0.15) is 0 Å². The number of imide groups is 1. The minimum atomic E-state index is -0.344. The van der Waals surface area contributed by atoms with E-state index in [2.05, 4.69) is 5.32 Å². The van der Waals surface area contributed by atoms with Crippen LogP contribution in [0.15, 0.2) is 18.2 Å². The summed E-state index contributed by atoms with van der Waals surface area (Å²) in [7, 11) is 1.44. The summed E-state index contributed by atoms with van der Waals surface area (Å²) < 4.78 is 0. The van der Waals surface area contributed by atoms with Crippen molar-refractivity contribution in [1.82, 2.24) is 4.90 Å². The molecule has 6 heteroatoms. The standard InChI is InChI=1S/C15H19N3O3/c1-9(16)4-3-5-13(19)17-10-6-7-11-12(8-10)15(21)18(2)14(11)20/h6-9H,3-5,16H2,1-2H3,(H,17,19). The Morgan fingerprint density at radius 3 is 2.62 bits per heavy atom. The molecule has 112 valence electrons. The van der Waals surface area contributed by atoms with E-state index in [1.807, 2.05) is 6.92 Å². The first-order valence-electron chi connectivity index (χ1n) is 6.92. The van der Waals surface area contributed by atoms with Crippen LogP contribution in [0.2, 0.25) is 0 Å². The highest BCUT2D eigenvalue weighted by atomic mass is 16.2. The SMILES string of the molecule is CC(N)CCCC(=O)Nc1ccc2c(c1)C(=O)N(C)C2=O. The second-order valence-corrected chi connectivity index (χ2v) is 5.35. The second-order valence-electron chi connectivity index (χ2n) is 5.35. The third-order valence-corrected chi connectivity index (χ3v) is 3.44. The number of rotatable bonds is 5. The number of nitrogens with two attached hydrogens (primary N) is 1. The van der Waals surface area contributed by atoms with Crippen LogP contribution in [-0.4, -0.2) is 35.7 Å². The summed E-state index contributed by atoms with van der Waals surface area (Å²) in [5.74, 6) is -0.784. The van der Waals surface area contributed by atoms with Crippen LogP contribution >= 0.6 is 0 Å². The van der Waals surface area contributed by atoms with Crippen LogP contribution in [0.5, 0.6) is 0 Å². The molecule has 0 saturated heterocycles. The summed E-state index contributed by atoms with van der Waals surface area (Å²) in [6, 6.07) is 4.82. The van der Waals surface area contributed by atoms with Crippen LogP contribution in [0.4, 0.5) is 5.69 Å². The Kier molecular flexibility index (Phi) is 4.37. The van der Waals surface area contributed by atoms with Gasteiger partial charge in [0.25, 0.3) is 11.8 Å². The zero-order chi connectivity index (χ0) is 15.6. The molecule has 1 atom stereocenters. The van der Waals surface area contributed by atoms with Crippen molar-refractivity contribution in [2.75, 3.05) is 12.4 Å². The molecule has 0 radical (unpaired) electrons. The van der Waals surface area contributed by atoms with Crippen LogP contribution in [-0.2, 0) is 4.79 Å². The smallest absolute Gasteiger partial charge is 0.261 e. The number of nitrogens with zero attached hydrogens (tertiary/aromatic N) is 1. The highest BCUT2D eigenvalue weighted by Crippen LogP contribution is 2.24. The number of amides is 3. The second kappa shape index (κ2) is 6.05. The van der Waals surface area contributed by atoms with Gasteiger partial charge in [0.15, 0.2) is 0 Å². The van der Waals surface area contributed by atoms with Crippen LogP contribution in [0.3, 0.4) is 0 Å². The lowest BCUT2D eigenvalue weighted by Gasteiger charge is -2.07. The molecule has 1 heterocycles. The van der Waals surface area contributed by atoms with Gasteiger partial charge in [-0.1, -0.05) is 0 Å². The van der Waals surface area contributed by atoms with E-state index >= 15 is 0 Å². The normalized spacial score (nSPS) is 15.1. The van der Waals surface area contributed by atoms with E-state index in [0.29, 0.717) is 29.7 Å². The predicted molar refractivity (Wildman–Crippen MR) is 79.0 cm³/mol. The van der Waals surface area contributed by atoms with E-state index in [-0.39, 0.29) is 23.8 Å². The van der Waals surface area contributed by atoms with Gasteiger partial charge in [-0.15, -0.1) is 0 Å². The monoisotopic (exact) mass is 289 g/mol. The first-order chi connectivity index (χ1) is 9.90. The fourth-order valence-electron chi connectivity index (χ4n) is 2.25. The van der Waals surface area contributed by atoms with Crippen LogP contribution in [0.25, 0.3) is 0 Å². The molecule has 0 fully saturated rings. The number of anilines is 1. The maximum absolute atomic E-state index is 11.9. The molecule has 1 unspecified atom stereocenters. The van der Waals surface area contributed by atoms with Crippen molar-refractivity contribution < 1.29 is 14.4 Å². The molecule has 6 nitrogen and oxygen atoms in total. The van der Waals surface area contributed by atoms with Crippen LogP contribution < -0.4 is 11.1 Å². The van der Waals surface area contributed by atoms with Gasteiger partial charge in [0.2, 0.25) is 5.91 Å². The summed E-state index contributed by atoms with van der Waals surface area (Å²) in [5, 5.41) is 2.73. The minimum Gasteiger partial charge on any atom is -0.328 e. The highest BCUT2D eigenvalue weighted by Gasteiger charge is 2.32. The molecule has 3 amide bonds. The maximum atomic E-state index is 11.9.